The number of para-hydroxylation sites is 1. The second-order valence-electron chi connectivity index (χ2n) is 4.04. The van der Waals surface area contributed by atoms with Crippen molar-refractivity contribution in [3.8, 4) is 17.1 Å². The van der Waals surface area contributed by atoms with Crippen molar-refractivity contribution >= 4 is 23.6 Å². The first-order chi connectivity index (χ1) is 8.81. The SMILES string of the molecule is COc1ccccc1-c1nc2cccnc2n1C.Cl. The van der Waals surface area contributed by atoms with Crippen molar-refractivity contribution < 1.29 is 4.74 Å². The molecule has 4 nitrogen and oxygen atoms in total. The fourth-order valence-corrected chi connectivity index (χ4v) is 2.09. The van der Waals surface area contributed by atoms with Crippen molar-refractivity contribution in [1.29, 1.82) is 0 Å². The molecule has 0 aliphatic heterocycles. The Hall–Kier alpha value is -2.07. The molecule has 5 heteroatoms. The lowest BCUT2D eigenvalue weighted by Crippen LogP contribution is -1.96. The average molecular weight is 276 g/mol. The lowest BCUT2D eigenvalue weighted by atomic mass is 10.2. The van der Waals surface area contributed by atoms with Gasteiger partial charge in [-0.15, -0.1) is 12.4 Å². The predicted molar refractivity (Wildman–Crippen MR) is 77.7 cm³/mol. The summed E-state index contributed by atoms with van der Waals surface area (Å²) >= 11 is 0. The van der Waals surface area contributed by atoms with Gasteiger partial charge >= 0.3 is 0 Å². The van der Waals surface area contributed by atoms with Crippen LogP contribution in [-0.4, -0.2) is 21.6 Å². The van der Waals surface area contributed by atoms with Gasteiger partial charge in [0.15, 0.2) is 5.65 Å². The number of hydrogen-bond donors (Lipinski definition) is 0. The molecule has 0 N–H and O–H groups in total. The highest BCUT2D eigenvalue weighted by molar-refractivity contribution is 5.85. The van der Waals surface area contributed by atoms with Crippen LogP contribution in [0.2, 0.25) is 0 Å². The standard InChI is InChI=1S/C14H13N3O.ClH/c1-17-13(10-6-3-4-8-12(10)18-2)16-11-7-5-9-15-14(11)17;/h3-9H,1-2H3;1H. The molecule has 3 aromatic rings. The van der Waals surface area contributed by atoms with Crippen molar-refractivity contribution in [3.63, 3.8) is 0 Å². The number of halogens is 1. The van der Waals surface area contributed by atoms with E-state index >= 15 is 0 Å². The number of imidazole rings is 1. The van der Waals surface area contributed by atoms with E-state index in [1.807, 2.05) is 48.0 Å². The van der Waals surface area contributed by atoms with Crippen LogP contribution < -0.4 is 4.74 Å². The normalized spacial score (nSPS) is 10.2. The van der Waals surface area contributed by atoms with Gasteiger partial charge in [0.05, 0.1) is 12.7 Å². The third-order valence-electron chi connectivity index (χ3n) is 2.98. The van der Waals surface area contributed by atoms with E-state index in [0.29, 0.717) is 0 Å². The molecule has 3 rings (SSSR count). The number of fused-ring (bicyclic) bond motifs is 1. The highest BCUT2D eigenvalue weighted by Gasteiger charge is 2.13. The first kappa shape index (κ1) is 13.4. The van der Waals surface area contributed by atoms with E-state index in [9.17, 15) is 0 Å². The molecule has 0 atom stereocenters. The van der Waals surface area contributed by atoms with Crippen molar-refractivity contribution in [2.75, 3.05) is 7.11 Å². The van der Waals surface area contributed by atoms with Crippen molar-refractivity contribution in [2.45, 2.75) is 0 Å². The lowest BCUT2D eigenvalue weighted by Gasteiger charge is -2.07. The number of nitrogens with zero attached hydrogens (tertiary/aromatic N) is 3. The fourth-order valence-electron chi connectivity index (χ4n) is 2.09. The number of aryl methyl sites for hydroxylation is 1. The Morgan fingerprint density at radius 1 is 1.11 bits per heavy atom. The van der Waals surface area contributed by atoms with Gasteiger partial charge in [-0.2, -0.15) is 0 Å². The lowest BCUT2D eigenvalue weighted by molar-refractivity contribution is 0.416. The number of hydrogen-bond acceptors (Lipinski definition) is 3. The van der Waals surface area contributed by atoms with Crippen LogP contribution in [0, 0.1) is 0 Å². The van der Waals surface area contributed by atoms with E-state index < -0.39 is 0 Å². The highest BCUT2D eigenvalue weighted by Crippen LogP contribution is 2.30. The summed E-state index contributed by atoms with van der Waals surface area (Å²) in [6.07, 6.45) is 1.77. The molecule has 0 spiro atoms. The number of ether oxygens (including phenoxy) is 1. The Morgan fingerprint density at radius 3 is 2.63 bits per heavy atom. The van der Waals surface area contributed by atoms with Gasteiger partial charge in [0.2, 0.25) is 0 Å². The van der Waals surface area contributed by atoms with Crippen LogP contribution >= 0.6 is 12.4 Å². The predicted octanol–water partition coefficient (Wildman–Crippen LogP) is 3.07. The van der Waals surface area contributed by atoms with Crippen LogP contribution in [0.4, 0.5) is 0 Å². The number of methoxy groups -OCH3 is 1. The van der Waals surface area contributed by atoms with Crippen LogP contribution in [0.5, 0.6) is 5.75 Å². The monoisotopic (exact) mass is 275 g/mol. The molecular formula is C14H14ClN3O. The van der Waals surface area contributed by atoms with Gasteiger partial charge in [0.1, 0.15) is 17.1 Å². The third kappa shape index (κ3) is 2.15. The minimum absolute atomic E-state index is 0. The number of pyridine rings is 1. The Kier molecular flexibility index (Phi) is 3.71. The summed E-state index contributed by atoms with van der Waals surface area (Å²) in [7, 11) is 3.63. The molecule has 0 bridgehead atoms. The first-order valence-corrected chi connectivity index (χ1v) is 5.72. The van der Waals surface area contributed by atoms with E-state index in [0.717, 1.165) is 28.3 Å². The quantitative estimate of drug-likeness (QED) is 0.722. The second kappa shape index (κ2) is 5.28. The Balaban J connectivity index is 0.00000133. The Labute approximate surface area is 117 Å². The molecule has 0 saturated heterocycles. The zero-order chi connectivity index (χ0) is 12.5. The molecule has 98 valence electrons. The smallest absolute Gasteiger partial charge is 0.160 e. The molecule has 0 aliphatic rings. The van der Waals surface area contributed by atoms with Gasteiger partial charge in [-0.05, 0) is 24.3 Å². The Bertz CT molecular complexity index is 709. The highest BCUT2D eigenvalue weighted by atomic mass is 35.5. The second-order valence-corrected chi connectivity index (χ2v) is 4.04. The average Bonchev–Trinajstić information content (AvgIpc) is 2.76. The largest absolute Gasteiger partial charge is 0.496 e. The van der Waals surface area contributed by atoms with Crippen LogP contribution in [0.1, 0.15) is 0 Å². The molecule has 0 radical (unpaired) electrons. The summed E-state index contributed by atoms with van der Waals surface area (Å²) in [5.41, 5.74) is 2.74. The van der Waals surface area contributed by atoms with Crippen LogP contribution in [0.15, 0.2) is 42.6 Å². The summed E-state index contributed by atoms with van der Waals surface area (Å²) in [4.78, 5) is 8.95. The van der Waals surface area contributed by atoms with E-state index in [4.69, 9.17) is 4.74 Å². The van der Waals surface area contributed by atoms with Gasteiger partial charge in [-0.3, -0.25) is 0 Å². The van der Waals surface area contributed by atoms with Crippen molar-refractivity contribution in [2.24, 2.45) is 7.05 Å². The summed E-state index contributed by atoms with van der Waals surface area (Å²) in [6, 6.07) is 11.7. The minimum Gasteiger partial charge on any atom is -0.496 e. The molecule has 0 amide bonds. The van der Waals surface area contributed by atoms with Gasteiger partial charge in [0.25, 0.3) is 0 Å². The van der Waals surface area contributed by atoms with Gasteiger partial charge in [-0.1, -0.05) is 12.1 Å². The molecule has 0 aliphatic carbocycles. The van der Waals surface area contributed by atoms with Gasteiger partial charge in [-0.25, -0.2) is 9.97 Å². The van der Waals surface area contributed by atoms with E-state index in [1.54, 1.807) is 13.3 Å². The molecule has 19 heavy (non-hydrogen) atoms. The maximum absolute atomic E-state index is 5.38. The maximum Gasteiger partial charge on any atom is 0.160 e. The third-order valence-corrected chi connectivity index (χ3v) is 2.98. The molecule has 2 aromatic heterocycles. The molecule has 0 fully saturated rings. The maximum atomic E-state index is 5.38. The summed E-state index contributed by atoms with van der Waals surface area (Å²) < 4.78 is 7.36. The summed E-state index contributed by atoms with van der Waals surface area (Å²) in [6.45, 7) is 0. The van der Waals surface area contributed by atoms with E-state index in [-0.39, 0.29) is 12.4 Å². The van der Waals surface area contributed by atoms with Gasteiger partial charge < -0.3 is 9.30 Å². The minimum atomic E-state index is 0. The summed E-state index contributed by atoms with van der Waals surface area (Å²) in [5.74, 6) is 1.68. The molecule has 1 aromatic carbocycles. The van der Waals surface area contributed by atoms with Crippen LogP contribution in [-0.2, 0) is 7.05 Å². The fraction of sp³-hybridized carbons (Fsp3) is 0.143. The van der Waals surface area contributed by atoms with Gasteiger partial charge in [0, 0.05) is 13.2 Å². The summed E-state index contributed by atoms with van der Waals surface area (Å²) in [5, 5.41) is 0. The zero-order valence-electron chi connectivity index (χ0n) is 10.7. The Morgan fingerprint density at radius 2 is 1.89 bits per heavy atom. The number of rotatable bonds is 2. The van der Waals surface area contributed by atoms with Crippen LogP contribution in [0.25, 0.3) is 22.6 Å². The van der Waals surface area contributed by atoms with E-state index in [2.05, 4.69) is 9.97 Å². The zero-order valence-corrected chi connectivity index (χ0v) is 11.5. The molecule has 0 unspecified atom stereocenters. The first-order valence-electron chi connectivity index (χ1n) is 5.72. The topological polar surface area (TPSA) is 39.9 Å². The van der Waals surface area contributed by atoms with Crippen LogP contribution in [0.3, 0.4) is 0 Å². The molecular weight excluding hydrogens is 262 g/mol. The molecule has 0 saturated carbocycles. The number of benzene rings is 1. The van der Waals surface area contributed by atoms with E-state index in [1.165, 1.54) is 0 Å². The van der Waals surface area contributed by atoms with Crippen molar-refractivity contribution in [3.05, 3.63) is 42.6 Å². The molecule has 2 heterocycles. The van der Waals surface area contributed by atoms with Crippen molar-refractivity contribution in [1.82, 2.24) is 14.5 Å². The number of aromatic nitrogens is 3.